The van der Waals surface area contributed by atoms with E-state index in [9.17, 15) is 9.59 Å². The van der Waals surface area contributed by atoms with Crippen LogP contribution >= 0.6 is 0 Å². The second kappa shape index (κ2) is 18.6. The zero-order valence-electron chi connectivity index (χ0n) is 27.3. The fourth-order valence-corrected chi connectivity index (χ4v) is 7.71. The molecule has 1 rings (SSSR count). The van der Waals surface area contributed by atoms with Gasteiger partial charge in [-0.1, -0.05) is 158 Å². The molecule has 0 amide bonds. The summed E-state index contributed by atoms with van der Waals surface area (Å²) in [6.45, 7) is 18.1. The SMILES string of the molecule is CCCCC(CC)CC1(CC(CC)CCCC)C(=O)C(CC(CC)CCCC)(CC(CC)CCCC)C1=O. The summed E-state index contributed by atoms with van der Waals surface area (Å²) in [6.07, 6.45) is 21.9. The van der Waals surface area contributed by atoms with E-state index < -0.39 is 10.8 Å². The number of unbranched alkanes of at least 4 members (excludes halogenated alkanes) is 4. The molecule has 0 spiro atoms. The Bertz CT molecular complexity index is 542. The normalized spacial score (nSPS) is 24.7. The number of carbonyl (C=O) groups is 2. The fraction of sp³-hybridized carbons (Fsp3) is 0.944. The second-order valence-electron chi connectivity index (χ2n) is 13.3. The van der Waals surface area contributed by atoms with Crippen molar-refractivity contribution in [2.45, 2.75) is 184 Å². The minimum absolute atomic E-state index is 0.393. The Morgan fingerprint density at radius 2 is 0.632 bits per heavy atom. The first-order chi connectivity index (χ1) is 18.3. The number of Topliss-reactive ketones (excluding diaryl/α,β-unsaturated/α-hetero) is 2. The van der Waals surface area contributed by atoms with Crippen molar-refractivity contribution in [1.82, 2.24) is 0 Å². The van der Waals surface area contributed by atoms with Gasteiger partial charge in [-0.25, -0.2) is 0 Å². The van der Waals surface area contributed by atoms with Crippen molar-refractivity contribution in [2.75, 3.05) is 0 Å². The lowest BCUT2D eigenvalue weighted by atomic mass is 9.42. The molecule has 1 saturated carbocycles. The van der Waals surface area contributed by atoms with Crippen molar-refractivity contribution >= 4 is 11.6 Å². The maximum Gasteiger partial charge on any atom is 0.160 e. The van der Waals surface area contributed by atoms with Crippen LogP contribution in [0.1, 0.15) is 184 Å². The molecule has 4 unspecified atom stereocenters. The maximum absolute atomic E-state index is 14.9. The van der Waals surface area contributed by atoms with Gasteiger partial charge in [0, 0.05) is 0 Å². The summed E-state index contributed by atoms with van der Waals surface area (Å²) in [5.41, 5.74) is -1.40. The van der Waals surface area contributed by atoms with E-state index in [0.717, 1.165) is 77.0 Å². The Morgan fingerprint density at radius 3 is 0.789 bits per heavy atom. The number of hydrogen-bond donors (Lipinski definition) is 0. The highest BCUT2D eigenvalue weighted by Gasteiger charge is 2.70. The summed E-state index contributed by atoms with van der Waals surface area (Å²) < 4.78 is 0. The molecule has 1 fully saturated rings. The minimum Gasteiger partial charge on any atom is -0.297 e. The zero-order chi connectivity index (χ0) is 28.6. The highest BCUT2D eigenvalue weighted by atomic mass is 16.2. The van der Waals surface area contributed by atoms with Crippen LogP contribution in [0.2, 0.25) is 0 Å². The maximum atomic E-state index is 14.9. The molecule has 1 aliphatic rings. The smallest absolute Gasteiger partial charge is 0.160 e. The average Bonchev–Trinajstić information content (AvgIpc) is 2.95. The lowest BCUT2D eigenvalue weighted by molar-refractivity contribution is -0.179. The third kappa shape index (κ3) is 9.19. The molecule has 0 aromatic heterocycles. The summed E-state index contributed by atoms with van der Waals surface area (Å²) in [7, 11) is 0. The van der Waals surface area contributed by atoms with Gasteiger partial charge >= 0.3 is 0 Å². The van der Waals surface area contributed by atoms with Gasteiger partial charge in [-0.2, -0.15) is 0 Å². The van der Waals surface area contributed by atoms with Crippen LogP contribution < -0.4 is 0 Å². The van der Waals surface area contributed by atoms with Crippen LogP contribution in [0, 0.1) is 34.5 Å². The molecule has 0 aliphatic heterocycles. The Kier molecular flexibility index (Phi) is 17.4. The summed E-state index contributed by atoms with van der Waals surface area (Å²) in [6, 6.07) is 0. The molecule has 4 atom stereocenters. The summed E-state index contributed by atoms with van der Waals surface area (Å²) in [4.78, 5) is 29.8. The van der Waals surface area contributed by atoms with Crippen molar-refractivity contribution < 1.29 is 9.59 Å². The van der Waals surface area contributed by atoms with Crippen LogP contribution in [0.15, 0.2) is 0 Å². The number of hydrogen-bond acceptors (Lipinski definition) is 2. The van der Waals surface area contributed by atoms with Gasteiger partial charge in [-0.3, -0.25) is 9.59 Å². The van der Waals surface area contributed by atoms with Crippen molar-refractivity contribution in [3.05, 3.63) is 0 Å². The molecule has 0 aromatic carbocycles. The zero-order valence-corrected chi connectivity index (χ0v) is 27.3. The van der Waals surface area contributed by atoms with Gasteiger partial charge in [0.25, 0.3) is 0 Å². The van der Waals surface area contributed by atoms with Crippen molar-refractivity contribution in [3.8, 4) is 0 Å². The molecule has 2 nitrogen and oxygen atoms in total. The lowest BCUT2D eigenvalue weighted by Gasteiger charge is -2.56. The molecule has 0 saturated heterocycles. The van der Waals surface area contributed by atoms with Crippen LogP contribution in [-0.4, -0.2) is 11.6 Å². The van der Waals surface area contributed by atoms with E-state index in [1.807, 2.05) is 0 Å². The average molecular weight is 533 g/mol. The second-order valence-corrected chi connectivity index (χ2v) is 13.3. The molecule has 0 N–H and O–H groups in total. The summed E-state index contributed by atoms with van der Waals surface area (Å²) in [5, 5.41) is 0. The molecule has 224 valence electrons. The molecular formula is C36H68O2. The third-order valence-electron chi connectivity index (χ3n) is 10.5. The predicted octanol–water partition coefficient (Wildman–Crippen LogP) is 11.5. The predicted molar refractivity (Wildman–Crippen MR) is 167 cm³/mol. The standard InChI is InChI=1S/C36H68O2/c1-9-17-21-29(13-5)25-35(26-30(14-6)22-18-10-2)33(37)36(34(35)38,27-31(15-7)23-19-11-3)28-32(16-8)24-20-12-4/h29-32H,9-28H2,1-8H3. The third-order valence-corrected chi connectivity index (χ3v) is 10.5. The molecule has 0 heterocycles. The van der Waals surface area contributed by atoms with E-state index in [1.54, 1.807) is 0 Å². The molecule has 1 aliphatic carbocycles. The fourth-order valence-electron chi connectivity index (χ4n) is 7.71. The first-order valence-electron chi connectivity index (χ1n) is 17.4. The molecule has 38 heavy (non-hydrogen) atoms. The molecular weight excluding hydrogens is 464 g/mol. The largest absolute Gasteiger partial charge is 0.297 e. The van der Waals surface area contributed by atoms with Gasteiger partial charge in [0.2, 0.25) is 0 Å². The Morgan fingerprint density at radius 1 is 0.421 bits per heavy atom. The number of carbonyl (C=O) groups excluding carboxylic acids is 2. The van der Waals surface area contributed by atoms with E-state index in [1.165, 1.54) is 51.4 Å². The van der Waals surface area contributed by atoms with Gasteiger partial charge < -0.3 is 0 Å². The van der Waals surface area contributed by atoms with Gasteiger partial charge in [-0.15, -0.1) is 0 Å². The highest BCUT2D eigenvalue weighted by molar-refractivity contribution is 6.30. The first-order valence-corrected chi connectivity index (χ1v) is 17.4. The minimum atomic E-state index is -0.699. The van der Waals surface area contributed by atoms with Crippen LogP contribution in [0.4, 0.5) is 0 Å². The summed E-state index contributed by atoms with van der Waals surface area (Å²) in [5.74, 6) is 2.76. The number of ketones is 2. The van der Waals surface area contributed by atoms with E-state index in [0.29, 0.717) is 35.2 Å². The topological polar surface area (TPSA) is 34.1 Å². The monoisotopic (exact) mass is 533 g/mol. The van der Waals surface area contributed by atoms with Gasteiger partial charge in [0.1, 0.15) is 0 Å². The van der Waals surface area contributed by atoms with Gasteiger partial charge in [0.05, 0.1) is 10.8 Å². The highest BCUT2D eigenvalue weighted by Crippen LogP contribution is 2.61. The van der Waals surface area contributed by atoms with Crippen molar-refractivity contribution in [1.29, 1.82) is 0 Å². The Labute approximate surface area is 239 Å². The molecule has 0 radical (unpaired) electrons. The van der Waals surface area contributed by atoms with Crippen molar-refractivity contribution in [3.63, 3.8) is 0 Å². The molecule has 0 aromatic rings. The molecule has 2 heteroatoms. The van der Waals surface area contributed by atoms with Crippen LogP contribution in [0.3, 0.4) is 0 Å². The van der Waals surface area contributed by atoms with Gasteiger partial charge in [-0.05, 0) is 49.4 Å². The van der Waals surface area contributed by atoms with E-state index in [4.69, 9.17) is 0 Å². The van der Waals surface area contributed by atoms with E-state index >= 15 is 0 Å². The quantitative estimate of drug-likeness (QED) is 0.116. The van der Waals surface area contributed by atoms with E-state index in [-0.39, 0.29) is 0 Å². The Balaban J connectivity index is 3.48. The van der Waals surface area contributed by atoms with Crippen LogP contribution in [-0.2, 0) is 9.59 Å². The number of rotatable bonds is 24. The summed E-state index contributed by atoms with van der Waals surface area (Å²) >= 11 is 0. The first kappa shape index (κ1) is 35.4. The Hall–Kier alpha value is -0.660. The van der Waals surface area contributed by atoms with E-state index in [2.05, 4.69) is 55.4 Å². The van der Waals surface area contributed by atoms with Crippen molar-refractivity contribution in [2.24, 2.45) is 34.5 Å². The van der Waals surface area contributed by atoms with Crippen LogP contribution in [0.25, 0.3) is 0 Å². The lowest BCUT2D eigenvalue weighted by Crippen LogP contribution is -2.68. The van der Waals surface area contributed by atoms with Crippen LogP contribution in [0.5, 0.6) is 0 Å². The molecule has 0 bridgehead atoms. The van der Waals surface area contributed by atoms with Gasteiger partial charge in [0.15, 0.2) is 11.6 Å².